The summed E-state index contributed by atoms with van der Waals surface area (Å²) in [7, 11) is 0. The first-order valence-corrected chi connectivity index (χ1v) is 9.02. The normalized spacial score (nSPS) is 11.8. The van der Waals surface area contributed by atoms with E-state index >= 15 is 0 Å². The number of rotatable bonds is 5. The first kappa shape index (κ1) is 22.2. The Kier molecular flexibility index (Phi) is 6.24. The van der Waals surface area contributed by atoms with Gasteiger partial charge in [-0.25, -0.2) is 0 Å². The van der Waals surface area contributed by atoms with Crippen molar-refractivity contribution in [3.63, 3.8) is 0 Å². The quantitative estimate of drug-likeness (QED) is 0.442. The largest absolute Gasteiger partial charge is 0.416 e. The van der Waals surface area contributed by atoms with E-state index in [2.05, 4.69) is 10.6 Å². The predicted molar refractivity (Wildman–Crippen MR) is 105 cm³/mol. The maximum atomic E-state index is 12.9. The molecule has 9 heteroatoms. The Balaban J connectivity index is 1.76. The smallest absolute Gasteiger partial charge is 0.380 e. The molecule has 0 aliphatic carbocycles. The highest BCUT2D eigenvalue weighted by molar-refractivity contribution is 6.08. The van der Waals surface area contributed by atoms with Crippen LogP contribution in [0.5, 0.6) is 0 Å². The second kappa shape index (κ2) is 8.71. The Bertz CT molecular complexity index is 1080. The lowest BCUT2D eigenvalue weighted by Crippen LogP contribution is -2.15. The molecule has 0 aromatic heterocycles. The van der Waals surface area contributed by atoms with Gasteiger partial charge < -0.3 is 10.6 Å². The van der Waals surface area contributed by atoms with E-state index in [0.717, 1.165) is 24.3 Å². The fourth-order valence-electron chi connectivity index (χ4n) is 2.86. The van der Waals surface area contributed by atoms with Gasteiger partial charge in [0.05, 0.1) is 16.7 Å². The second-order valence-electron chi connectivity index (χ2n) is 6.63. The molecule has 0 bridgehead atoms. The highest BCUT2D eigenvalue weighted by Gasteiger charge is 2.31. The van der Waals surface area contributed by atoms with E-state index in [1.54, 1.807) is 18.2 Å². The van der Waals surface area contributed by atoms with Crippen molar-refractivity contribution in [2.75, 3.05) is 10.6 Å². The van der Waals surface area contributed by atoms with Crippen LogP contribution in [0.25, 0.3) is 0 Å². The molecular weight excluding hydrogens is 422 g/mol. The van der Waals surface area contributed by atoms with E-state index in [4.69, 9.17) is 0 Å². The Morgan fingerprint density at radius 2 is 1.35 bits per heavy atom. The van der Waals surface area contributed by atoms with Crippen molar-refractivity contribution in [3.8, 4) is 0 Å². The highest BCUT2D eigenvalue weighted by Crippen LogP contribution is 2.31. The molecule has 3 aromatic rings. The van der Waals surface area contributed by atoms with Crippen molar-refractivity contribution in [3.05, 3.63) is 95.1 Å². The molecule has 0 atom stereocenters. The molecular formula is C22H16F6N2O. The minimum Gasteiger partial charge on any atom is -0.380 e. The molecule has 2 N–H and O–H groups in total. The molecule has 0 saturated heterocycles. The standard InChI is InChI=1S/C22H16F6N2O/c23-21(24,25)15-6-3-5-14(11-15)13-29-19-10-2-1-9-18(19)20(31)30-17-8-4-7-16(12-17)22(26,27)28/h1-12,29H,13H2,(H,30,31). The monoisotopic (exact) mass is 438 g/mol. The number of anilines is 2. The molecule has 0 aliphatic heterocycles. The van der Waals surface area contributed by atoms with Gasteiger partial charge in [-0.15, -0.1) is 0 Å². The lowest BCUT2D eigenvalue weighted by molar-refractivity contribution is -0.138. The summed E-state index contributed by atoms with van der Waals surface area (Å²) >= 11 is 0. The number of halogens is 6. The Morgan fingerprint density at radius 1 is 0.742 bits per heavy atom. The minimum atomic E-state index is -4.55. The molecule has 0 spiro atoms. The van der Waals surface area contributed by atoms with Gasteiger partial charge in [0.2, 0.25) is 0 Å². The average molecular weight is 438 g/mol. The van der Waals surface area contributed by atoms with E-state index in [1.807, 2.05) is 0 Å². The van der Waals surface area contributed by atoms with Crippen LogP contribution in [0, 0.1) is 0 Å². The second-order valence-corrected chi connectivity index (χ2v) is 6.63. The van der Waals surface area contributed by atoms with Gasteiger partial charge in [0.15, 0.2) is 0 Å². The first-order valence-electron chi connectivity index (χ1n) is 9.02. The van der Waals surface area contributed by atoms with Gasteiger partial charge in [-0.05, 0) is 48.0 Å². The third kappa shape index (κ3) is 5.78. The molecule has 0 fully saturated rings. The summed E-state index contributed by atoms with van der Waals surface area (Å²) in [5, 5.41) is 5.31. The number of nitrogens with one attached hydrogen (secondary N) is 2. The van der Waals surface area contributed by atoms with Gasteiger partial charge in [-0.1, -0.05) is 30.3 Å². The first-order chi connectivity index (χ1) is 14.5. The van der Waals surface area contributed by atoms with Crippen molar-refractivity contribution >= 4 is 17.3 Å². The van der Waals surface area contributed by atoms with Crippen molar-refractivity contribution in [1.82, 2.24) is 0 Å². The van der Waals surface area contributed by atoms with Gasteiger partial charge >= 0.3 is 12.4 Å². The number of benzene rings is 3. The van der Waals surface area contributed by atoms with Crippen molar-refractivity contribution in [1.29, 1.82) is 0 Å². The molecule has 31 heavy (non-hydrogen) atoms. The maximum Gasteiger partial charge on any atom is 0.416 e. The van der Waals surface area contributed by atoms with Gasteiger partial charge in [0.25, 0.3) is 5.91 Å². The number of para-hydroxylation sites is 1. The lowest BCUT2D eigenvalue weighted by atomic mass is 10.1. The van der Waals surface area contributed by atoms with Crippen LogP contribution in [0.2, 0.25) is 0 Å². The molecule has 0 saturated carbocycles. The molecule has 3 rings (SSSR count). The van der Waals surface area contributed by atoms with E-state index < -0.39 is 29.4 Å². The van der Waals surface area contributed by atoms with Crippen LogP contribution in [0.4, 0.5) is 37.7 Å². The highest BCUT2D eigenvalue weighted by atomic mass is 19.4. The Labute approximate surface area is 173 Å². The van der Waals surface area contributed by atoms with Crippen LogP contribution >= 0.6 is 0 Å². The Morgan fingerprint density at radius 3 is 2.03 bits per heavy atom. The molecule has 162 valence electrons. The minimum absolute atomic E-state index is 0.0117. The van der Waals surface area contributed by atoms with Gasteiger partial charge in [-0.3, -0.25) is 4.79 Å². The molecule has 0 heterocycles. The van der Waals surface area contributed by atoms with Gasteiger partial charge in [-0.2, -0.15) is 26.3 Å². The topological polar surface area (TPSA) is 41.1 Å². The van der Waals surface area contributed by atoms with Crippen LogP contribution < -0.4 is 10.6 Å². The third-order valence-corrected chi connectivity index (χ3v) is 4.36. The summed E-state index contributed by atoms with van der Waals surface area (Å²) in [6.45, 7) is 0.0117. The molecule has 0 aliphatic rings. The summed E-state index contributed by atoms with van der Waals surface area (Å²) in [6, 6.07) is 15.1. The van der Waals surface area contributed by atoms with E-state index in [0.29, 0.717) is 11.3 Å². The molecule has 1 amide bonds. The fraction of sp³-hybridized carbons (Fsp3) is 0.136. The Hall–Kier alpha value is -3.49. The predicted octanol–water partition coefficient (Wildman–Crippen LogP) is 6.59. The fourth-order valence-corrected chi connectivity index (χ4v) is 2.86. The zero-order valence-electron chi connectivity index (χ0n) is 15.8. The summed E-state index contributed by atoms with van der Waals surface area (Å²) in [6.07, 6.45) is -9.02. The third-order valence-electron chi connectivity index (χ3n) is 4.36. The molecule has 3 aromatic carbocycles. The molecule has 3 nitrogen and oxygen atoms in total. The number of carbonyl (C=O) groups excluding carboxylic acids is 1. The van der Waals surface area contributed by atoms with Gasteiger partial charge in [0, 0.05) is 17.9 Å². The summed E-state index contributed by atoms with van der Waals surface area (Å²) in [4.78, 5) is 12.6. The van der Waals surface area contributed by atoms with Crippen LogP contribution in [0.3, 0.4) is 0 Å². The van der Waals surface area contributed by atoms with Crippen LogP contribution in [-0.2, 0) is 18.9 Å². The van der Waals surface area contributed by atoms with Crippen LogP contribution in [0.15, 0.2) is 72.8 Å². The summed E-state index contributed by atoms with van der Waals surface area (Å²) < 4.78 is 77.2. The molecule has 0 radical (unpaired) electrons. The van der Waals surface area contributed by atoms with Crippen LogP contribution in [0.1, 0.15) is 27.0 Å². The van der Waals surface area contributed by atoms with E-state index in [1.165, 1.54) is 30.3 Å². The number of alkyl halides is 6. The number of hydrogen-bond acceptors (Lipinski definition) is 2. The zero-order chi connectivity index (χ0) is 22.6. The van der Waals surface area contributed by atoms with E-state index in [9.17, 15) is 31.1 Å². The molecule has 0 unspecified atom stereocenters. The summed E-state index contributed by atoms with van der Waals surface area (Å²) in [5.74, 6) is -0.661. The van der Waals surface area contributed by atoms with Gasteiger partial charge in [0.1, 0.15) is 0 Å². The van der Waals surface area contributed by atoms with Crippen molar-refractivity contribution in [2.24, 2.45) is 0 Å². The summed E-state index contributed by atoms with van der Waals surface area (Å²) in [5.41, 5.74) is -0.921. The van der Waals surface area contributed by atoms with Crippen molar-refractivity contribution < 1.29 is 31.1 Å². The van der Waals surface area contributed by atoms with E-state index in [-0.39, 0.29) is 17.8 Å². The van der Waals surface area contributed by atoms with Crippen LogP contribution in [-0.4, -0.2) is 5.91 Å². The zero-order valence-corrected chi connectivity index (χ0v) is 15.8. The number of hydrogen-bond donors (Lipinski definition) is 2. The SMILES string of the molecule is O=C(Nc1cccc(C(F)(F)F)c1)c1ccccc1NCc1cccc(C(F)(F)F)c1. The number of amides is 1. The van der Waals surface area contributed by atoms with Crippen molar-refractivity contribution in [2.45, 2.75) is 18.9 Å². The lowest BCUT2D eigenvalue weighted by Gasteiger charge is -2.14. The number of carbonyl (C=O) groups is 1. The average Bonchev–Trinajstić information content (AvgIpc) is 2.71. The maximum absolute atomic E-state index is 12.9.